The fourth-order valence-corrected chi connectivity index (χ4v) is 4.55. The largest absolute Gasteiger partial charge is 0.348 e. The molecule has 2 unspecified atom stereocenters. The summed E-state index contributed by atoms with van der Waals surface area (Å²) in [7, 11) is 0. The number of hydrogen-bond donors (Lipinski definition) is 3. The van der Waals surface area contributed by atoms with Crippen molar-refractivity contribution in [2.45, 2.75) is 38.3 Å². The van der Waals surface area contributed by atoms with Crippen LogP contribution in [0.5, 0.6) is 0 Å². The van der Waals surface area contributed by atoms with Crippen LogP contribution in [0.25, 0.3) is 33.8 Å². The second kappa shape index (κ2) is 9.97. The first kappa shape index (κ1) is 22.0. The standard InChI is InChI=1S/C27H28N6O/c1-2-22(23-7-5-14-28-23)32-27(34)19-10-8-18(9-11-19)25-16-20(12-15-30-25)21-17-31-33-26(21)24-6-3-4-13-29-24/h3-4,6,8-13,15-17,22-23,28H,2,5,7,14H2,1H3,(H,31,33)(H,32,34). The molecule has 1 saturated heterocycles. The van der Waals surface area contributed by atoms with Gasteiger partial charge in [-0.1, -0.05) is 25.1 Å². The van der Waals surface area contributed by atoms with Gasteiger partial charge in [0.1, 0.15) is 0 Å². The molecule has 34 heavy (non-hydrogen) atoms. The second-order valence-corrected chi connectivity index (χ2v) is 8.57. The Hall–Kier alpha value is -3.84. The maximum atomic E-state index is 12.8. The second-order valence-electron chi connectivity index (χ2n) is 8.57. The quantitative estimate of drug-likeness (QED) is 0.385. The highest BCUT2D eigenvalue weighted by Gasteiger charge is 2.24. The summed E-state index contributed by atoms with van der Waals surface area (Å²) in [4.78, 5) is 21.8. The van der Waals surface area contributed by atoms with Crippen LogP contribution in [-0.2, 0) is 0 Å². The third-order valence-corrected chi connectivity index (χ3v) is 6.41. The number of aromatic nitrogens is 4. The summed E-state index contributed by atoms with van der Waals surface area (Å²) in [5, 5.41) is 14.0. The molecule has 4 heterocycles. The minimum atomic E-state index is -0.0350. The van der Waals surface area contributed by atoms with Crippen molar-refractivity contribution < 1.29 is 4.79 Å². The van der Waals surface area contributed by atoms with E-state index in [0.29, 0.717) is 11.6 Å². The normalized spacial score (nSPS) is 16.3. The maximum absolute atomic E-state index is 12.8. The molecule has 0 radical (unpaired) electrons. The predicted octanol–water partition coefficient (Wildman–Crippen LogP) is 4.46. The Morgan fingerprint density at radius 1 is 1.06 bits per heavy atom. The fourth-order valence-electron chi connectivity index (χ4n) is 4.55. The number of carbonyl (C=O) groups is 1. The van der Waals surface area contributed by atoms with Gasteiger partial charge in [-0.05, 0) is 67.8 Å². The molecule has 1 aromatic carbocycles. The molecule has 0 saturated carbocycles. The molecule has 7 nitrogen and oxygen atoms in total. The van der Waals surface area contributed by atoms with E-state index in [1.54, 1.807) is 18.6 Å². The van der Waals surface area contributed by atoms with Gasteiger partial charge in [-0.3, -0.25) is 19.9 Å². The van der Waals surface area contributed by atoms with E-state index in [-0.39, 0.29) is 11.9 Å². The zero-order chi connectivity index (χ0) is 23.3. The van der Waals surface area contributed by atoms with Gasteiger partial charge in [-0.25, -0.2) is 0 Å². The Balaban J connectivity index is 1.34. The van der Waals surface area contributed by atoms with Crippen LogP contribution in [0.4, 0.5) is 0 Å². The number of pyridine rings is 2. The van der Waals surface area contributed by atoms with Gasteiger partial charge in [0.25, 0.3) is 5.91 Å². The molecule has 0 spiro atoms. The van der Waals surface area contributed by atoms with Gasteiger partial charge in [-0.15, -0.1) is 0 Å². The van der Waals surface area contributed by atoms with E-state index in [4.69, 9.17) is 0 Å². The molecule has 1 fully saturated rings. The molecule has 7 heteroatoms. The topological polar surface area (TPSA) is 95.6 Å². The van der Waals surface area contributed by atoms with Gasteiger partial charge in [0, 0.05) is 41.2 Å². The van der Waals surface area contributed by atoms with E-state index in [1.165, 1.54) is 6.42 Å². The minimum Gasteiger partial charge on any atom is -0.348 e. The lowest BCUT2D eigenvalue weighted by Gasteiger charge is -2.23. The highest BCUT2D eigenvalue weighted by molar-refractivity contribution is 5.95. The van der Waals surface area contributed by atoms with E-state index < -0.39 is 0 Å². The monoisotopic (exact) mass is 452 g/mol. The van der Waals surface area contributed by atoms with E-state index in [9.17, 15) is 4.79 Å². The Labute approximate surface area is 199 Å². The molecule has 0 aliphatic carbocycles. The van der Waals surface area contributed by atoms with Gasteiger partial charge in [-0.2, -0.15) is 5.10 Å². The lowest BCUT2D eigenvalue weighted by Crippen LogP contribution is -2.47. The van der Waals surface area contributed by atoms with Crippen LogP contribution >= 0.6 is 0 Å². The highest BCUT2D eigenvalue weighted by atomic mass is 16.1. The van der Waals surface area contributed by atoms with E-state index in [0.717, 1.165) is 53.2 Å². The number of carbonyl (C=O) groups excluding carboxylic acids is 1. The first-order valence-electron chi connectivity index (χ1n) is 11.8. The molecule has 172 valence electrons. The predicted molar refractivity (Wildman–Crippen MR) is 133 cm³/mol. The molecule has 5 rings (SSSR count). The molecule has 1 amide bonds. The van der Waals surface area contributed by atoms with Crippen LogP contribution in [0.1, 0.15) is 36.5 Å². The number of hydrogen-bond acceptors (Lipinski definition) is 5. The lowest BCUT2D eigenvalue weighted by molar-refractivity contribution is 0.0927. The van der Waals surface area contributed by atoms with Crippen LogP contribution in [-0.4, -0.2) is 44.7 Å². The van der Waals surface area contributed by atoms with Crippen molar-refractivity contribution in [3.63, 3.8) is 0 Å². The molecule has 3 N–H and O–H groups in total. The fraction of sp³-hybridized carbons (Fsp3) is 0.259. The molecule has 2 atom stereocenters. The summed E-state index contributed by atoms with van der Waals surface area (Å²) in [5.41, 5.74) is 6.10. The summed E-state index contributed by atoms with van der Waals surface area (Å²) in [5.74, 6) is -0.0350. The number of H-pyrrole nitrogens is 1. The van der Waals surface area contributed by atoms with Crippen molar-refractivity contribution in [2.75, 3.05) is 6.54 Å². The Morgan fingerprint density at radius 2 is 1.91 bits per heavy atom. The number of rotatable bonds is 7. The van der Waals surface area contributed by atoms with E-state index in [1.807, 2.05) is 54.6 Å². The lowest BCUT2D eigenvalue weighted by atomic mass is 10.0. The molecular formula is C27H28N6O. The van der Waals surface area contributed by atoms with Crippen LogP contribution in [0.3, 0.4) is 0 Å². The van der Waals surface area contributed by atoms with Gasteiger partial charge < -0.3 is 10.6 Å². The molecule has 1 aliphatic rings. The smallest absolute Gasteiger partial charge is 0.251 e. The van der Waals surface area contributed by atoms with Crippen LogP contribution in [0.15, 0.2) is 73.2 Å². The number of amides is 1. The summed E-state index contributed by atoms with van der Waals surface area (Å²) >= 11 is 0. The van der Waals surface area contributed by atoms with Crippen molar-refractivity contribution >= 4 is 5.91 Å². The number of nitrogens with zero attached hydrogens (tertiary/aromatic N) is 3. The van der Waals surface area contributed by atoms with Crippen molar-refractivity contribution in [1.82, 2.24) is 30.8 Å². The van der Waals surface area contributed by atoms with Gasteiger partial charge in [0.05, 0.1) is 23.3 Å². The zero-order valence-corrected chi connectivity index (χ0v) is 19.2. The average molecular weight is 453 g/mol. The first-order chi connectivity index (χ1) is 16.7. The molecule has 3 aromatic heterocycles. The van der Waals surface area contributed by atoms with Gasteiger partial charge >= 0.3 is 0 Å². The number of benzene rings is 1. The Bertz CT molecular complexity index is 1250. The first-order valence-corrected chi connectivity index (χ1v) is 11.8. The van der Waals surface area contributed by atoms with E-state index >= 15 is 0 Å². The SMILES string of the molecule is CCC(NC(=O)c1ccc(-c2cc(-c3cn[nH]c3-c3ccccn3)ccn2)cc1)C1CCCN1. The number of aromatic amines is 1. The Kier molecular flexibility index (Phi) is 6.44. The van der Waals surface area contributed by atoms with Crippen molar-refractivity contribution in [3.05, 3.63) is 78.8 Å². The summed E-state index contributed by atoms with van der Waals surface area (Å²) in [6.07, 6.45) is 8.55. The van der Waals surface area contributed by atoms with Crippen LogP contribution in [0, 0.1) is 0 Å². The number of nitrogens with one attached hydrogen (secondary N) is 3. The van der Waals surface area contributed by atoms with Crippen LogP contribution < -0.4 is 10.6 Å². The Morgan fingerprint density at radius 3 is 2.65 bits per heavy atom. The van der Waals surface area contributed by atoms with Crippen molar-refractivity contribution in [3.8, 4) is 33.8 Å². The van der Waals surface area contributed by atoms with Crippen molar-refractivity contribution in [2.24, 2.45) is 0 Å². The van der Waals surface area contributed by atoms with Crippen LogP contribution in [0.2, 0.25) is 0 Å². The average Bonchev–Trinajstić information content (AvgIpc) is 3.61. The summed E-state index contributed by atoms with van der Waals surface area (Å²) in [6.45, 7) is 3.14. The summed E-state index contributed by atoms with van der Waals surface area (Å²) < 4.78 is 0. The summed E-state index contributed by atoms with van der Waals surface area (Å²) in [6, 6.07) is 17.9. The third-order valence-electron chi connectivity index (χ3n) is 6.41. The zero-order valence-electron chi connectivity index (χ0n) is 19.2. The molecular weight excluding hydrogens is 424 g/mol. The van der Waals surface area contributed by atoms with Gasteiger partial charge in [0.15, 0.2) is 0 Å². The highest BCUT2D eigenvalue weighted by Crippen LogP contribution is 2.31. The molecule has 1 aliphatic heterocycles. The van der Waals surface area contributed by atoms with Crippen molar-refractivity contribution in [1.29, 1.82) is 0 Å². The minimum absolute atomic E-state index is 0.0350. The van der Waals surface area contributed by atoms with Gasteiger partial charge in [0.2, 0.25) is 0 Å². The maximum Gasteiger partial charge on any atom is 0.251 e. The molecule has 0 bridgehead atoms. The third kappa shape index (κ3) is 4.61. The molecule has 4 aromatic rings. The van der Waals surface area contributed by atoms with E-state index in [2.05, 4.69) is 37.7 Å².